The van der Waals surface area contributed by atoms with Crippen LogP contribution in [0.2, 0.25) is 0 Å². The zero-order valence-electron chi connectivity index (χ0n) is 21.2. The van der Waals surface area contributed by atoms with Crippen LogP contribution in [0.25, 0.3) is 0 Å². The van der Waals surface area contributed by atoms with Crippen LogP contribution in [0.4, 0.5) is 11.4 Å². The molecular formula is C30H42N2+2. The lowest BCUT2D eigenvalue weighted by Crippen LogP contribution is -2.44. The molecule has 170 valence electrons. The van der Waals surface area contributed by atoms with Gasteiger partial charge in [-0.25, -0.2) is 0 Å². The smallest absolute Gasteiger partial charge is 0.132 e. The van der Waals surface area contributed by atoms with Crippen LogP contribution < -0.4 is 8.97 Å². The fourth-order valence-electron chi connectivity index (χ4n) is 4.57. The molecule has 0 saturated carbocycles. The van der Waals surface area contributed by atoms with Crippen LogP contribution in [-0.2, 0) is 0 Å². The van der Waals surface area contributed by atoms with Gasteiger partial charge in [0.1, 0.15) is 11.4 Å². The molecular weight excluding hydrogens is 388 g/mol. The van der Waals surface area contributed by atoms with E-state index in [-0.39, 0.29) is 5.92 Å². The Bertz CT molecular complexity index is 915. The highest BCUT2D eigenvalue weighted by molar-refractivity contribution is 5.52. The third-order valence-corrected chi connectivity index (χ3v) is 7.90. The van der Waals surface area contributed by atoms with E-state index in [9.17, 15) is 0 Å². The van der Waals surface area contributed by atoms with E-state index in [1.54, 1.807) is 0 Å². The molecule has 0 aliphatic carbocycles. The first-order valence-electron chi connectivity index (χ1n) is 12.3. The Morgan fingerprint density at radius 1 is 0.500 bits per heavy atom. The number of quaternary nitrogens is 2. The number of rotatable bonds is 9. The van der Waals surface area contributed by atoms with E-state index in [4.69, 9.17) is 0 Å². The lowest BCUT2D eigenvalue weighted by molar-refractivity contribution is 0.365. The zero-order chi connectivity index (χ0) is 23.4. The molecule has 0 aliphatic heterocycles. The van der Waals surface area contributed by atoms with E-state index in [2.05, 4.69) is 122 Å². The molecule has 0 N–H and O–H groups in total. The molecule has 0 aromatic heterocycles. The van der Waals surface area contributed by atoms with Crippen LogP contribution in [0.1, 0.15) is 55.9 Å². The first-order valence-corrected chi connectivity index (χ1v) is 12.3. The van der Waals surface area contributed by atoms with Gasteiger partial charge in [-0.1, -0.05) is 54.1 Å². The minimum atomic E-state index is 0.239. The molecule has 3 aromatic rings. The van der Waals surface area contributed by atoms with Crippen molar-refractivity contribution in [2.45, 2.75) is 40.5 Å². The van der Waals surface area contributed by atoms with Crippen LogP contribution in [0, 0.1) is 6.92 Å². The predicted octanol–water partition coefficient (Wildman–Crippen LogP) is 7.13. The molecule has 0 saturated heterocycles. The highest BCUT2D eigenvalue weighted by Gasteiger charge is 2.24. The van der Waals surface area contributed by atoms with Gasteiger partial charge in [-0.05, 0) is 75.6 Å². The van der Waals surface area contributed by atoms with E-state index in [0.29, 0.717) is 0 Å². The van der Waals surface area contributed by atoms with Crippen molar-refractivity contribution in [3.05, 3.63) is 95.1 Å². The Morgan fingerprint density at radius 2 is 0.781 bits per heavy atom. The lowest BCUT2D eigenvalue weighted by atomic mass is 9.84. The molecule has 0 unspecified atom stereocenters. The molecule has 2 nitrogen and oxygen atoms in total. The molecule has 0 amide bonds. The number of nitrogens with zero attached hydrogens (tertiary/aromatic N) is 2. The van der Waals surface area contributed by atoms with Crippen molar-refractivity contribution in [1.82, 2.24) is 8.97 Å². The fourth-order valence-corrected chi connectivity index (χ4v) is 4.57. The summed E-state index contributed by atoms with van der Waals surface area (Å²) in [6, 6.07) is 27.7. The van der Waals surface area contributed by atoms with Crippen LogP contribution in [0.3, 0.4) is 0 Å². The van der Waals surface area contributed by atoms with Crippen molar-refractivity contribution in [3.8, 4) is 0 Å². The Kier molecular flexibility index (Phi) is 7.59. The summed E-state index contributed by atoms with van der Waals surface area (Å²) in [4.78, 5) is 0. The topological polar surface area (TPSA) is 0 Å². The summed E-state index contributed by atoms with van der Waals surface area (Å²) in [5.41, 5.74) is 8.13. The molecule has 0 spiro atoms. The summed E-state index contributed by atoms with van der Waals surface area (Å²) in [6.07, 6.45) is 0. The summed E-state index contributed by atoms with van der Waals surface area (Å²) in [5.74, 6) is 0.239. The minimum Gasteiger partial charge on any atom is -0.294 e. The predicted molar refractivity (Wildman–Crippen MR) is 143 cm³/mol. The van der Waals surface area contributed by atoms with Gasteiger partial charge in [0, 0.05) is 5.92 Å². The lowest BCUT2D eigenvalue weighted by Gasteiger charge is -2.32. The van der Waals surface area contributed by atoms with Crippen molar-refractivity contribution < 1.29 is 0 Å². The van der Waals surface area contributed by atoms with Crippen LogP contribution in [-0.4, -0.2) is 40.3 Å². The van der Waals surface area contributed by atoms with E-state index < -0.39 is 0 Å². The van der Waals surface area contributed by atoms with Crippen LogP contribution in [0.5, 0.6) is 0 Å². The molecule has 0 heterocycles. The molecule has 0 aliphatic rings. The Hall–Kier alpha value is -2.42. The second-order valence-corrected chi connectivity index (χ2v) is 9.58. The minimum absolute atomic E-state index is 0.239. The molecule has 3 rings (SSSR count). The normalized spacial score (nSPS) is 12.4. The van der Waals surface area contributed by atoms with Gasteiger partial charge < -0.3 is 0 Å². The maximum atomic E-state index is 2.34. The standard InChI is InChI=1S/C30H42N2/c1-8-31(6,9-2)28-20-16-26(17-21-28)30(25-14-12-24(5)13-15-25)27-18-22-29(23-19-27)32(7,10-3)11-4/h12-23,30H,8-11H2,1-7H3/q+2. The van der Waals surface area contributed by atoms with Gasteiger partial charge in [-0.2, -0.15) is 0 Å². The van der Waals surface area contributed by atoms with Gasteiger partial charge in [0.2, 0.25) is 0 Å². The van der Waals surface area contributed by atoms with Crippen molar-refractivity contribution >= 4 is 11.4 Å². The molecule has 2 heteroatoms. The molecule has 0 fully saturated rings. The number of benzene rings is 3. The zero-order valence-corrected chi connectivity index (χ0v) is 21.2. The van der Waals surface area contributed by atoms with Crippen molar-refractivity contribution in [2.75, 3.05) is 40.3 Å². The van der Waals surface area contributed by atoms with Gasteiger partial charge in [0.05, 0.1) is 40.3 Å². The fraction of sp³-hybridized carbons (Fsp3) is 0.400. The first-order chi connectivity index (χ1) is 15.3. The molecule has 3 aromatic carbocycles. The second kappa shape index (κ2) is 10.0. The average molecular weight is 431 g/mol. The molecule has 0 radical (unpaired) electrons. The third kappa shape index (κ3) is 4.82. The van der Waals surface area contributed by atoms with Gasteiger partial charge in [-0.3, -0.25) is 8.97 Å². The highest BCUT2D eigenvalue weighted by Crippen LogP contribution is 2.35. The van der Waals surface area contributed by atoms with Gasteiger partial charge in [-0.15, -0.1) is 0 Å². The molecule has 0 bridgehead atoms. The van der Waals surface area contributed by atoms with E-state index >= 15 is 0 Å². The number of hydrogen-bond acceptors (Lipinski definition) is 0. The SMILES string of the molecule is CC[N+](C)(CC)c1ccc(C(c2ccc(C)cc2)c2ccc([N+](C)(CC)CC)cc2)cc1. The van der Waals surface area contributed by atoms with Crippen molar-refractivity contribution in [3.63, 3.8) is 0 Å². The van der Waals surface area contributed by atoms with Crippen molar-refractivity contribution in [2.24, 2.45) is 0 Å². The van der Waals surface area contributed by atoms with E-state index in [1.807, 2.05) is 0 Å². The quantitative estimate of drug-likeness (QED) is 0.250. The Balaban J connectivity index is 2.05. The molecule has 0 atom stereocenters. The molecule has 32 heavy (non-hydrogen) atoms. The maximum Gasteiger partial charge on any atom is 0.132 e. The van der Waals surface area contributed by atoms with Gasteiger partial charge in [0.25, 0.3) is 0 Å². The van der Waals surface area contributed by atoms with Crippen LogP contribution >= 0.6 is 0 Å². The average Bonchev–Trinajstić information content (AvgIpc) is 2.85. The van der Waals surface area contributed by atoms with E-state index in [0.717, 1.165) is 35.1 Å². The van der Waals surface area contributed by atoms with E-state index in [1.165, 1.54) is 33.6 Å². The largest absolute Gasteiger partial charge is 0.294 e. The Morgan fingerprint density at radius 3 is 1.06 bits per heavy atom. The monoisotopic (exact) mass is 430 g/mol. The second-order valence-electron chi connectivity index (χ2n) is 9.58. The van der Waals surface area contributed by atoms with Crippen molar-refractivity contribution in [1.29, 1.82) is 0 Å². The number of hydrogen-bond donors (Lipinski definition) is 0. The van der Waals surface area contributed by atoms with Gasteiger partial charge in [0.15, 0.2) is 0 Å². The highest BCUT2D eigenvalue weighted by atomic mass is 15.3. The summed E-state index contributed by atoms with van der Waals surface area (Å²) in [6.45, 7) is 15.6. The Labute approximate surface area is 196 Å². The van der Waals surface area contributed by atoms with Gasteiger partial charge >= 0.3 is 0 Å². The summed E-state index contributed by atoms with van der Waals surface area (Å²) in [5, 5.41) is 0. The summed E-state index contributed by atoms with van der Waals surface area (Å²) in [7, 11) is 4.64. The number of aryl methyl sites for hydroxylation is 1. The summed E-state index contributed by atoms with van der Waals surface area (Å²) >= 11 is 0. The third-order valence-electron chi connectivity index (χ3n) is 7.90. The maximum absolute atomic E-state index is 2.34. The first kappa shape index (κ1) is 24.2. The summed E-state index contributed by atoms with van der Waals surface area (Å²) < 4.78 is 1.93. The van der Waals surface area contributed by atoms with Crippen LogP contribution in [0.15, 0.2) is 72.8 Å².